The summed E-state index contributed by atoms with van der Waals surface area (Å²) in [4.78, 5) is 8.23. The zero-order valence-corrected chi connectivity index (χ0v) is 10.7. The Kier molecular flexibility index (Phi) is 5.48. The highest BCUT2D eigenvalue weighted by Crippen LogP contribution is 2.22. The van der Waals surface area contributed by atoms with E-state index in [0.717, 1.165) is 19.6 Å². The summed E-state index contributed by atoms with van der Waals surface area (Å²) < 4.78 is 4.97. The predicted molar refractivity (Wildman–Crippen MR) is 70.2 cm³/mol. The van der Waals surface area contributed by atoms with Crippen molar-refractivity contribution in [1.82, 2.24) is 9.97 Å². The molecule has 1 aromatic rings. The molecule has 17 heavy (non-hydrogen) atoms. The van der Waals surface area contributed by atoms with Crippen molar-refractivity contribution < 1.29 is 4.74 Å². The van der Waals surface area contributed by atoms with Crippen LogP contribution in [0.2, 0.25) is 0 Å². The van der Waals surface area contributed by atoms with Crippen LogP contribution in [0.4, 0.5) is 17.3 Å². The fourth-order valence-corrected chi connectivity index (χ4v) is 1.35. The van der Waals surface area contributed by atoms with Crippen molar-refractivity contribution in [2.24, 2.45) is 0 Å². The monoisotopic (exact) mass is 239 g/mol. The summed E-state index contributed by atoms with van der Waals surface area (Å²) in [6.07, 6.45) is 2.41. The molecule has 1 rings (SSSR count). The van der Waals surface area contributed by atoms with Crippen LogP contribution in [0.15, 0.2) is 6.33 Å². The molecule has 0 amide bonds. The molecule has 0 aliphatic carbocycles. The van der Waals surface area contributed by atoms with Crippen LogP contribution in [0.1, 0.15) is 20.3 Å². The van der Waals surface area contributed by atoms with Crippen molar-refractivity contribution in [3.63, 3.8) is 0 Å². The average Bonchev–Trinajstić information content (AvgIpc) is 2.28. The number of rotatable bonds is 7. The first-order valence-corrected chi connectivity index (χ1v) is 5.75. The number of nitrogen functional groups attached to an aromatic ring is 1. The lowest BCUT2D eigenvalue weighted by Crippen LogP contribution is -2.15. The maximum Gasteiger partial charge on any atom is 0.155 e. The van der Waals surface area contributed by atoms with Crippen LogP contribution >= 0.6 is 0 Å². The van der Waals surface area contributed by atoms with E-state index in [2.05, 4.69) is 20.6 Å². The molecular weight excluding hydrogens is 218 g/mol. The Labute approximate surface area is 102 Å². The Hall–Kier alpha value is -1.56. The van der Waals surface area contributed by atoms with E-state index in [4.69, 9.17) is 10.5 Å². The second-order valence-corrected chi connectivity index (χ2v) is 4.06. The van der Waals surface area contributed by atoms with E-state index in [-0.39, 0.29) is 6.04 Å². The summed E-state index contributed by atoms with van der Waals surface area (Å²) in [5.74, 6) is 1.34. The van der Waals surface area contributed by atoms with Crippen LogP contribution in [0.3, 0.4) is 0 Å². The van der Waals surface area contributed by atoms with Gasteiger partial charge in [-0.25, -0.2) is 9.97 Å². The van der Waals surface area contributed by atoms with Crippen LogP contribution in [-0.4, -0.2) is 36.3 Å². The van der Waals surface area contributed by atoms with Crippen molar-refractivity contribution >= 4 is 17.3 Å². The van der Waals surface area contributed by atoms with Gasteiger partial charge in [-0.2, -0.15) is 0 Å². The second kappa shape index (κ2) is 6.90. The molecule has 0 saturated carbocycles. The molecule has 0 atom stereocenters. The Balaban J connectivity index is 2.59. The molecule has 4 N–H and O–H groups in total. The fourth-order valence-electron chi connectivity index (χ4n) is 1.35. The van der Waals surface area contributed by atoms with Crippen molar-refractivity contribution in [1.29, 1.82) is 0 Å². The molecule has 0 unspecified atom stereocenters. The van der Waals surface area contributed by atoms with E-state index in [0.29, 0.717) is 17.3 Å². The van der Waals surface area contributed by atoms with Gasteiger partial charge in [-0.15, -0.1) is 0 Å². The molecule has 0 aliphatic heterocycles. The van der Waals surface area contributed by atoms with Gasteiger partial charge in [0.1, 0.15) is 12.0 Å². The number of anilines is 3. The van der Waals surface area contributed by atoms with Crippen LogP contribution in [0.25, 0.3) is 0 Å². The van der Waals surface area contributed by atoms with E-state index in [9.17, 15) is 0 Å². The lowest BCUT2D eigenvalue weighted by atomic mass is 10.3. The third kappa shape index (κ3) is 4.44. The summed E-state index contributed by atoms with van der Waals surface area (Å²) >= 11 is 0. The third-order valence-corrected chi connectivity index (χ3v) is 2.13. The van der Waals surface area contributed by atoms with Crippen LogP contribution in [0.5, 0.6) is 0 Å². The first-order chi connectivity index (χ1) is 8.15. The van der Waals surface area contributed by atoms with Gasteiger partial charge in [-0.3, -0.25) is 0 Å². The largest absolute Gasteiger partial charge is 0.393 e. The van der Waals surface area contributed by atoms with Gasteiger partial charge in [0.25, 0.3) is 0 Å². The number of hydrogen-bond acceptors (Lipinski definition) is 6. The summed E-state index contributed by atoms with van der Waals surface area (Å²) in [7, 11) is 1.68. The average molecular weight is 239 g/mol. The first kappa shape index (κ1) is 13.5. The van der Waals surface area contributed by atoms with E-state index in [1.165, 1.54) is 6.33 Å². The quantitative estimate of drug-likeness (QED) is 0.622. The zero-order valence-electron chi connectivity index (χ0n) is 10.7. The number of aromatic nitrogens is 2. The molecule has 6 nitrogen and oxygen atoms in total. The number of nitrogens with zero attached hydrogens (tertiary/aromatic N) is 2. The molecular formula is C11H21N5O. The number of methoxy groups -OCH3 is 1. The minimum atomic E-state index is 0.286. The number of ether oxygens (including phenoxy) is 1. The molecule has 0 aromatic carbocycles. The van der Waals surface area contributed by atoms with Crippen LogP contribution < -0.4 is 16.4 Å². The van der Waals surface area contributed by atoms with Gasteiger partial charge in [-0.05, 0) is 20.3 Å². The van der Waals surface area contributed by atoms with Gasteiger partial charge in [0.05, 0.1) is 0 Å². The third-order valence-electron chi connectivity index (χ3n) is 2.13. The lowest BCUT2D eigenvalue weighted by molar-refractivity contribution is 0.198. The maximum absolute atomic E-state index is 5.97. The maximum atomic E-state index is 5.97. The van der Waals surface area contributed by atoms with Gasteiger partial charge in [-0.1, -0.05) is 0 Å². The molecule has 96 valence electrons. The van der Waals surface area contributed by atoms with E-state index in [1.54, 1.807) is 7.11 Å². The van der Waals surface area contributed by atoms with Gasteiger partial charge in [0.2, 0.25) is 0 Å². The number of hydrogen-bond donors (Lipinski definition) is 3. The normalized spacial score (nSPS) is 10.6. The molecule has 0 radical (unpaired) electrons. The molecule has 0 saturated heterocycles. The summed E-state index contributed by atoms with van der Waals surface area (Å²) in [6, 6.07) is 0.286. The molecule has 6 heteroatoms. The Morgan fingerprint density at radius 2 is 2.06 bits per heavy atom. The highest BCUT2D eigenvalue weighted by atomic mass is 16.5. The molecule has 1 heterocycles. The van der Waals surface area contributed by atoms with Crippen molar-refractivity contribution in [3.8, 4) is 0 Å². The molecule has 0 bridgehead atoms. The minimum Gasteiger partial charge on any atom is -0.393 e. The highest BCUT2D eigenvalue weighted by Gasteiger charge is 2.07. The Morgan fingerprint density at radius 3 is 2.71 bits per heavy atom. The molecule has 1 aromatic heterocycles. The van der Waals surface area contributed by atoms with Gasteiger partial charge in [0, 0.05) is 26.3 Å². The summed E-state index contributed by atoms with van der Waals surface area (Å²) in [5, 5.41) is 6.34. The molecule has 0 aliphatic rings. The zero-order chi connectivity index (χ0) is 12.7. The molecule has 0 fully saturated rings. The van der Waals surface area contributed by atoms with Crippen molar-refractivity contribution in [2.45, 2.75) is 26.3 Å². The fraction of sp³-hybridized carbons (Fsp3) is 0.636. The van der Waals surface area contributed by atoms with Crippen LogP contribution in [-0.2, 0) is 4.74 Å². The van der Waals surface area contributed by atoms with E-state index < -0.39 is 0 Å². The van der Waals surface area contributed by atoms with Crippen LogP contribution in [0, 0.1) is 0 Å². The Bertz CT molecular complexity index is 343. The van der Waals surface area contributed by atoms with Crippen molar-refractivity contribution in [3.05, 3.63) is 6.33 Å². The smallest absolute Gasteiger partial charge is 0.155 e. The summed E-state index contributed by atoms with van der Waals surface area (Å²) in [6.45, 7) is 5.56. The highest BCUT2D eigenvalue weighted by molar-refractivity contribution is 5.74. The van der Waals surface area contributed by atoms with Gasteiger partial charge < -0.3 is 21.1 Å². The molecule has 0 spiro atoms. The number of nitrogens with one attached hydrogen (secondary N) is 2. The standard InChI is InChI=1S/C11H21N5O/c1-8(2)16-11-9(12)10(14-7-15-11)13-5-4-6-17-3/h7-8H,4-6,12H2,1-3H3,(H2,13,14,15,16). The predicted octanol–water partition coefficient (Wildman–Crippen LogP) is 1.33. The number of nitrogens with two attached hydrogens (primary N) is 1. The van der Waals surface area contributed by atoms with Crippen molar-refractivity contribution in [2.75, 3.05) is 36.6 Å². The minimum absolute atomic E-state index is 0.286. The second-order valence-electron chi connectivity index (χ2n) is 4.06. The Morgan fingerprint density at radius 1 is 1.35 bits per heavy atom. The van der Waals surface area contributed by atoms with E-state index >= 15 is 0 Å². The van der Waals surface area contributed by atoms with Gasteiger partial charge in [0.15, 0.2) is 11.6 Å². The first-order valence-electron chi connectivity index (χ1n) is 5.75. The topological polar surface area (TPSA) is 85.1 Å². The van der Waals surface area contributed by atoms with E-state index in [1.807, 2.05) is 13.8 Å². The van der Waals surface area contributed by atoms with Gasteiger partial charge >= 0.3 is 0 Å². The summed E-state index contributed by atoms with van der Waals surface area (Å²) in [5.41, 5.74) is 6.52. The SMILES string of the molecule is COCCCNc1ncnc(NC(C)C)c1N. The lowest BCUT2D eigenvalue weighted by Gasteiger charge is -2.14.